The average Bonchev–Trinajstić information content (AvgIpc) is 2.63. The Kier molecular flexibility index (Phi) is 2.91. The van der Waals surface area contributed by atoms with E-state index >= 15 is 0 Å². The second-order valence-corrected chi connectivity index (χ2v) is 4.23. The van der Waals surface area contributed by atoms with Gasteiger partial charge in [-0.3, -0.25) is 4.68 Å². The predicted molar refractivity (Wildman–Crippen MR) is 61.4 cm³/mol. The Bertz CT molecular complexity index is 452. The lowest BCUT2D eigenvalue weighted by Crippen LogP contribution is -1.88. The summed E-state index contributed by atoms with van der Waals surface area (Å²) in [7, 11) is 1.86. The number of thioether (sulfide) groups is 1. The maximum atomic E-state index is 5.83. The van der Waals surface area contributed by atoms with E-state index in [4.69, 9.17) is 5.73 Å². The Morgan fingerprint density at radius 2 is 2.20 bits per heavy atom. The Morgan fingerprint density at radius 1 is 1.40 bits per heavy atom. The third kappa shape index (κ3) is 2.50. The molecular weight excluding hydrogens is 208 g/mol. The van der Waals surface area contributed by atoms with E-state index in [-0.39, 0.29) is 0 Å². The van der Waals surface area contributed by atoms with Crippen LogP contribution in [-0.2, 0) is 12.8 Å². The number of nitrogens with zero attached hydrogens (tertiary/aromatic N) is 3. The van der Waals surface area contributed by atoms with Gasteiger partial charge in [0.05, 0.1) is 5.69 Å². The highest BCUT2D eigenvalue weighted by atomic mass is 32.2. The Balaban J connectivity index is 2.02. The summed E-state index contributed by atoms with van der Waals surface area (Å²) in [5.41, 5.74) is 7.60. The lowest BCUT2D eigenvalue weighted by molar-refractivity contribution is 0.714. The first-order chi connectivity index (χ1) is 7.25. The fraction of sp³-hybridized carbons (Fsp3) is 0.200. The molecule has 1 aromatic carbocycles. The summed E-state index contributed by atoms with van der Waals surface area (Å²) in [5.74, 6) is 0.794. The highest BCUT2D eigenvalue weighted by Crippen LogP contribution is 2.26. The number of aromatic nitrogens is 3. The van der Waals surface area contributed by atoms with Gasteiger partial charge in [-0.2, -0.15) is 0 Å². The van der Waals surface area contributed by atoms with Crippen molar-refractivity contribution in [1.29, 1.82) is 0 Å². The molecule has 0 aliphatic heterocycles. The van der Waals surface area contributed by atoms with Gasteiger partial charge in [-0.15, -0.1) is 16.9 Å². The molecule has 1 heterocycles. The zero-order valence-electron chi connectivity index (χ0n) is 8.42. The number of rotatable bonds is 3. The molecule has 0 atom stereocenters. The van der Waals surface area contributed by atoms with Crippen LogP contribution in [-0.4, -0.2) is 15.0 Å². The van der Waals surface area contributed by atoms with Crippen molar-refractivity contribution < 1.29 is 0 Å². The first-order valence-electron chi connectivity index (χ1n) is 4.58. The summed E-state index contributed by atoms with van der Waals surface area (Å²) < 4.78 is 1.70. The molecule has 0 bridgehead atoms. The second kappa shape index (κ2) is 4.35. The summed E-state index contributed by atoms with van der Waals surface area (Å²) >= 11 is 1.67. The molecule has 0 unspecified atom stereocenters. The Labute approximate surface area is 92.5 Å². The van der Waals surface area contributed by atoms with Crippen molar-refractivity contribution in [3.05, 3.63) is 36.2 Å². The van der Waals surface area contributed by atoms with Crippen LogP contribution in [0.3, 0.4) is 0 Å². The van der Waals surface area contributed by atoms with Crippen molar-refractivity contribution in [2.45, 2.75) is 10.6 Å². The molecule has 1 aromatic heterocycles. The van der Waals surface area contributed by atoms with Crippen LogP contribution in [0.25, 0.3) is 0 Å². The van der Waals surface area contributed by atoms with E-state index in [9.17, 15) is 0 Å². The van der Waals surface area contributed by atoms with Gasteiger partial charge < -0.3 is 5.73 Å². The van der Waals surface area contributed by atoms with Crippen LogP contribution < -0.4 is 5.73 Å². The SMILES string of the molecule is Cn1cc(CSc2ccccc2N)nn1. The molecule has 0 fully saturated rings. The molecule has 0 aliphatic rings. The molecule has 0 saturated carbocycles. The van der Waals surface area contributed by atoms with E-state index in [0.717, 1.165) is 22.0 Å². The van der Waals surface area contributed by atoms with Crippen LogP contribution in [0.5, 0.6) is 0 Å². The number of anilines is 1. The van der Waals surface area contributed by atoms with Gasteiger partial charge >= 0.3 is 0 Å². The molecule has 4 nitrogen and oxygen atoms in total. The number of hydrogen-bond acceptors (Lipinski definition) is 4. The fourth-order valence-electron chi connectivity index (χ4n) is 1.23. The summed E-state index contributed by atoms with van der Waals surface area (Å²) in [5, 5.41) is 7.89. The molecule has 0 saturated heterocycles. The molecule has 2 rings (SSSR count). The number of aryl methyl sites for hydroxylation is 1. The van der Waals surface area contributed by atoms with E-state index in [1.807, 2.05) is 37.5 Å². The third-order valence-electron chi connectivity index (χ3n) is 1.94. The number of hydrogen-bond donors (Lipinski definition) is 1. The average molecular weight is 220 g/mol. The van der Waals surface area contributed by atoms with Gasteiger partial charge in [-0.25, -0.2) is 0 Å². The number of para-hydroxylation sites is 1. The van der Waals surface area contributed by atoms with Gasteiger partial charge in [0, 0.05) is 29.6 Å². The first-order valence-corrected chi connectivity index (χ1v) is 5.57. The predicted octanol–water partition coefficient (Wildman–Crippen LogP) is 1.69. The smallest absolute Gasteiger partial charge is 0.0929 e. The van der Waals surface area contributed by atoms with Crippen LogP contribution in [0.15, 0.2) is 35.4 Å². The zero-order valence-corrected chi connectivity index (χ0v) is 9.24. The standard InChI is InChI=1S/C10H12N4S/c1-14-6-8(12-13-14)7-15-10-5-3-2-4-9(10)11/h2-6H,7,11H2,1H3. The molecule has 0 radical (unpaired) electrons. The number of nitrogens with two attached hydrogens (primary N) is 1. The lowest BCUT2D eigenvalue weighted by atomic mass is 10.3. The van der Waals surface area contributed by atoms with E-state index in [0.29, 0.717) is 0 Å². The molecule has 0 aliphatic carbocycles. The minimum atomic E-state index is 0.794. The Hall–Kier alpha value is -1.49. The van der Waals surface area contributed by atoms with Crippen molar-refractivity contribution in [2.24, 2.45) is 7.05 Å². The summed E-state index contributed by atoms with van der Waals surface area (Å²) in [4.78, 5) is 1.09. The number of nitrogen functional groups attached to an aromatic ring is 1. The van der Waals surface area contributed by atoms with Crippen LogP contribution in [0.1, 0.15) is 5.69 Å². The van der Waals surface area contributed by atoms with Crippen LogP contribution in [0.2, 0.25) is 0 Å². The topological polar surface area (TPSA) is 56.7 Å². The van der Waals surface area contributed by atoms with E-state index in [1.54, 1.807) is 16.4 Å². The number of benzene rings is 1. The van der Waals surface area contributed by atoms with E-state index < -0.39 is 0 Å². The van der Waals surface area contributed by atoms with Crippen LogP contribution in [0, 0.1) is 0 Å². The fourth-order valence-corrected chi connectivity index (χ4v) is 2.07. The normalized spacial score (nSPS) is 10.5. The van der Waals surface area contributed by atoms with Crippen molar-refractivity contribution >= 4 is 17.4 Å². The molecule has 2 aromatic rings. The third-order valence-corrected chi connectivity index (χ3v) is 3.07. The summed E-state index contributed by atoms with van der Waals surface area (Å²) in [6.07, 6.45) is 1.91. The summed E-state index contributed by atoms with van der Waals surface area (Å²) in [6.45, 7) is 0. The highest BCUT2D eigenvalue weighted by molar-refractivity contribution is 7.98. The maximum Gasteiger partial charge on any atom is 0.0929 e. The summed E-state index contributed by atoms with van der Waals surface area (Å²) in [6, 6.07) is 7.83. The van der Waals surface area contributed by atoms with Crippen molar-refractivity contribution in [2.75, 3.05) is 5.73 Å². The van der Waals surface area contributed by atoms with Gasteiger partial charge in [-0.05, 0) is 12.1 Å². The van der Waals surface area contributed by atoms with Gasteiger partial charge in [0.15, 0.2) is 0 Å². The molecule has 2 N–H and O–H groups in total. The molecule has 0 amide bonds. The van der Waals surface area contributed by atoms with Crippen LogP contribution >= 0.6 is 11.8 Å². The maximum absolute atomic E-state index is 5.83. The molecule has 0 spiro atoms. The minimum absolute atomic E-state index is 0.794. The first kappa shape index (κ1) is 10.0. The van der Waals surface area contributed by atoms with Crippen molar-refractivity contribution in [3.63, 3.8) is 0 Å². The molecule has 5 heteroatoms. The molecular formula is C10H12N4S. The quantitative estimate of drug-likeness (QED) is 0.631. The van der Waals surface area contributed by atoms with Gasteiger partial charge in [-0.1, -0.05) is 17.3 Å². The molecule has 78 valence electrons. The van der Waals surface area contributed by atoms with E-state index in [1.165, 1.54) is 0 Å². The monoisotopic (exact) mass is 220 g/mol. The van der Waals surface area contributed by atoms with Crippen LogP contribution in [0.4, 0.5) is 5.69 Å². The zero-order chi connectivity index (χ0) is 10.7. The molecule has 15 heavy (non-hydrogen) atoms. The van der Waals surface area contributed by atoms with Gasteiger partial charge in [0.1, 0.15) is 0 Å². The van der Waals surface area contributed by atoms with Gasteiger partial charge in [0.25, 0.3) is 0 Å². The van der Waals surface area contributed by atoms with Crippen molar-refractivity contribution in [3.8, 4) is 0 Å². The second-order valence-electron chi connectivity index (χ2n) is 3.21. The minimum Gasteiger partial charge on any atom is -0.398 e. The van der Waals surface area contributed by atoms with E-state index in [2.05, 4.69) is 10.3 Å². The Morgan fingerprint density at radius 3 is 2.87 bits per heavy atom. The highest BCUT2D eigenvalue weighted by Gasteiger charge is 2.02. The van der Waals surface area contributed by atoms with Crippen molar-refractivity contribution in [1.82, 2.24) is 15.0 Å². The lowest BCUT2D eigenvalue weighted by Gasteiger charge is -2.02. The largest absolute Gasteiger partial charge is 0.398 e. The van der Waals surface area contributed by atoms with Gasteiger partial charge in [0.2, 0.25) is 0 Å².